The molecule has 0 bridgehead atoms. The molecule has 0 aromatic rings. The average molecular weight is 280 g/mol. The Morgan fingerprint density at radius 3 is 2.06 bits per heavy atom. The first-order valence-corrected chi connectivity index (χ1v) is 7.50. The zero-order chi connectivity index (χ0) is 14.6. The van der Waals surface area contributed by atoms with Crippen molar-refractivity contribution in [1.29, 1.82) is 0 Å². The summed E-state index contributed by atoms with van der Waals surface area (Å²) >= 11 is 0. The van der Waals surface area contributed by atoms with Crippen LogP contribution in [0.15, 0.2) is 0 Å². The third-order valence-electron chi connectivity index (χ3n) is 1.95. The molecule has 0 aliphatic carbocycles. The molecule has 0 fully saturated rings. The lowest BCUT2D eigenvalue weighted by molar-refractivity contribution is 0.0474. The van der Waals surface area contributed by atoms with Crippen LogP contribution in [0.4, 0.5) is 4.79 Å². The van der Waals surface area contributed by atoms with Crippen molar-refractivity contribution in [3.8, 4) is 0 Å². The molecule has 0 heterocycles. The Hall–Kier alpha value is -0.820. The second-order valence-corrected chi connectivity index (χ2v) is 7.83. The summed E-state index contributed by atoms with van der Waals surface area (Å²) in [4.78, 5) is 11.6. The number of alkyl carbamates (subject to hydrolysis) is 1. The topological polar surface area (TPSA) is 84.5 Å². The van der Waals surface area contributed by atoms with Crippen LogP contribution >= 0.6 is 0 Å². The Bertz CT molecular complexity index is 382. The van der Waals surface area contributed by atoms with E-state index < -0.39 is 27.3 Å². The minimum atomic E-state index is -3.27. The van der Waals surface area contributed by atoms with Gasteiger partial charge in [-0.05, 0) is 41.5 Å². The van der Waals surface area contributed by atoms with E-state index in [1.165, 1.54) is 0 Å². The van der Waals surface area contributed by atoms with Crippen LogP contribution in [0.2, 0.25) is 0 Å². The summed E-state index contributed by atoms with van der Waals surface area (Å²) in [5.41, 5.74) is -1.30. The molecular weight excluding hydrogens is 256 g/mol. The van der Waals surface area contributed by atoms with Crippen LogP contribution in [0, 0.1) is 0 Å². The maximum absolute atomic E-state index is 11.6. The second-order valence-electron chi connectivity index (χ2n) is 5.74. The van der Waals surface area contributed by atoms with E-state index in [2.05, 4.69) is 10.0 Å². The highest BCUT2D eigenvalue weighted by Crippen LogP contribution is 2.09. The van der Waals surface area contributed by atoms with Gasteiger partial charge in [0.2, 0.25) is 10.0 Å². The van der Waals surface area contributed by atoms with Crippen molar-refractivity contribution in [2.75, 3.05) is 12.3 Å². The number of hydrogen-bond acceptors (Lipinski definition) is 4. The molecule has 2 N–H and O–H groups in total. The molecule has 1 amide bonds. The number of ether oxygens (including phenoxy) is 1. The molecular formula is C11H24N2O4S. The molecule has 0 saturated heterocycles. The SMILES string of the molecule is CCS(=O)(=O)NCC(C)(C)NC(=O)OC(C)(C)C. The maximum Gasteiger partial charge on any atom is 0.408 e. The summed E-state index contributed by atoms with van der Waals surface area (Å²) in [6.07, 6.45) is -0.566. The first-order chi connectivity index (χ1) is 7.87. The van der Waals surface area contributed by atoms with Gasteiger partial charge in [0.05, 0.1) is 11.3 Å². The van der Waals surface area contributed by atoms with E-state index in [-0.39, 0.29) is 12.3 Å². The third kappa shape index (κ3) is 8.30. The number of rotatable bonds is 5. The fourth-order valence-electron chi connectivity index (χ4n) is 1.02. The van der Waals surface area contributed by atoms with Crippen LogP contribution in [0.25, 0.3) is 0 Å². The van der Waals surface area contributed by atoms with Crippen molar-refractivity contribution >= 4 is 16.1 Å². The van der Waals surface area contributed by atoms with Gasteiger partial charge in [-0.25, -0.2) is 17.9 Å². The Labute approximate surface area is 110 Å². The van der Waals surface area contributed by atoms with Crippen molar-refractivity contribution in [2.24, 2.45) is 0 Å². The minimum absolute atomic E-state index is 0.00944. The van der Waals surface area contributed by atoms with Gasteiger partial charge in [0.1, 0.15) is 5.60 Å². The molecule has 0 atom stereocenters. The molecule has 6 nitrogen and oxygen atoms in total. The molecule has 0 rings (SSSR count). The number of nitrogens with one attached hydrogen (secondary N) is 2. The van der Waals surface area contributed by atoms with E-state index in [4.69, 9.17) is 4.74 Å². The lowest BCUT2D eigenvalue weighted by Gasteiger charge is -2.28. The van der Waals surface area contributed by atoms with Crippen molar-refractivity contribution < 1.29 is 17.9 Å². The summed E-state index contributed by atoms with van der Waals surface area (Å²) < 4.78 is 30.1. The highest BCUT2D eigenvalue weighted by molar-refractivity contribution is 7.89. The smallest absolute Gasteiger partial charge is 0.408 e. The van der Waals surface area contributed by atoms with Crippen molar-refractivity contribution in [3.63, 3.8) is 0 Å². The van der Waals surface area contributed by atoms with Gasteiger partial charge in [0.15, 0.2) is 0 Å². The van der Waals surface area contributed by atoms with Gasteiger partial charge < -0.3 is 10.1 Å². The van der Waals surface area contributed by atoms with E-state index in [9.17, 15) is 13.2 Å². The predicted octanol–water partition coefficient (Wildman–Crippen LogP) is 1.23. The summed E-state index contributed by atoms with van der Waals surface area (Å²) in [6, 6.07) is 0. The fraction of sp³-hybridized carbons (Fsp3) is 0.909. The quantitative estimate of drug-likeness (QED) is 0.793. The van der Waals surface area contributed by atoms with Crippen molar-refractivity contribution in [3.05, 3.63) is 0 Å². The highest BCUT2D eigenvalue weighted by Gasteiger charge is 2.25. The van der Waals surface area contributed by atoms with Gasteiger partial charge in [-0.15, -0.1) is 0 Å². The lowest BCUT2D eigenvalue weighted by Crippen LogP contribution is -2.52. The van der Waals surface area contributed by atoms with Crippen molar-refractivity contribution in [2.45, 2.75) is 52.7 Å². The molecule has 0 unspecified atom stereocenters. The Morgan fingerprint density at radius 1 is 1.17 bits per heavy atom. The molecule has 0 radical (unpaired) electrons. The Balaban J connectivity index is 4.36. The number of carbonyl (C=O) groups excluding carboxylic acids is 1. The van der Waals surface area contributed by atoms with Gasteiger partial charge >= 0.3 is 6.09 Å². The average Bonchev–Trinajstić information content (AvgIpc) is 2.11. The monoisotopic (exact) mass is 280 g/mol. The molecule has 0 aliphatic heterocycles. The normalized spacial score (nSPS) is 13.2. The maximum atomic E-state index is 11.6. The highest BCUT2D eigenvalue weighted by atomic mass is 32.2. The number of sulfonamides is 1. The predicted molar refractivity (Wildman–Crippen MR) is 70.9 cm³/mol. The van der Waals surface area contributed by atoms with E-state index in [1.54, 1.807) is 41.5 Å². The first-order valence-electron chi connectivity index (χ1n) is 5.85. The summed E-state index contributed by atoms with van der Waals surface area (Å²) in [6.45, 7) is 10.4. The van der Waals surface area contributed by atoms with E-state index in [0.29, 0.717) is 0 Å². The van der Waals surface area contributed by atoms with Crippen molar-refractivity contribution in [1.82, 2.24) is 10.0 Å². The van der Waals surface area contributed by atoms with Crippen LogP contribution in [-0.2, 0) is 14.8 Å². The number of hydrogen-bond donors (Lipinski definition) is 2. The molecule has 7 heteroatoms. The number of carbonyl (C=O) groups is 1. The molecule has 0 aromatic heterocycles. The molecule has 108 valence electrons. The van der Waals surface area contributed by atoms with Crippen LogP contribution < -0.4 is 10.0 Å². The molecule has 0 saturated carbocycles. The van der Waals surface area contributed by atoms with Crippen LogP contribution in [0.3, 0.4) is 0 Å². The Kier molecular flexibility index (Phi) is 5.61. The van der Waals surface area contributed by atoms with Gasteiger partial charge in [-0.2, -0.15) is 0 Å². The van der Waals surface area contributed by atoms with E-state index in [1.807, 2.05) is 0 Å². The van der Waals surface area contributed by atoms with E-state index in [0.717, 1.165) is 0 Å². The zero-order valence-corrected chi connectivity index (χ0v) is 12.8. The van der Waals surface area contributed by atoms with E-state index >= 15 is 0 Å². The molecule has 0 spiro atoms. The zero-order valence-electron chi connectivity index (χ0n) is 12.0. The Morgan fingerprint density at radius 2 is 1.67 bits per heavy atom. The molecule has 18 heavy (non-hydrogen) atoms. The number of amides is 1. The summed E-state index contributed by atoms with van der Waals surface area (Å²) in [5.74, 6) is 0.00944. The lowest BCUT2D eigenvalue weighted by atomic mass is 10.1. The molecule has 0 aromatic carbocycles. The van der Waals surface area contributed by atoms with Gasteiger partial charge in [-0.3, -0.25) is 0 Å². The van der Waals surface area contributed by atoms with Gasteiger partial charge in [0.25, 0.3) is 0 Å². The first kappa shape index (κ1) is 17.2. The third-order valence-corrected chi connectivity index (χ3v) is 3.30. The van der Waals surface area contributed by atoms with Gasteiger partial charge in [0, 0.05) is 6.54 Å². The summed E-state index contributed by atoms with van der Waals surface area (Å²) in [5, 5.41) is 2.62. The largest absolute Gasteiger partial charge is 0.444 e. The van der Waals surface area contributed by atoms with Crippen LogP contribution in [-0.4, -0.2) is 37.9 Å². The molecule has 0 aliphatic rings. The second kappa shape index (κ2) is 5.88. The van der Waals surface area contributed by atoms with Crippen LogP contribution in [0.1, 0.15) is 41.5 Å². The fourth-order valence-corrected chi connectivity index (χ4v) is 1.80. The van der Waals surface area contributed by atoms with Crippen LogP contribution in [0.5, 0.6) is 0 Å². The van der Waals surface area contributed by atoms with Gasteiger partial charge in [-0.1, -0.05) is 0 Å². The summed E-state index contributed by atoms with van der Waals surface area (Å²) in [7, 11) is -3.27. The standard InChI is InChI=1S/C11H24N2O4S/c1-7-18(15,16)12-8-11(5,6)13-9(14)17-10(2,3)4/h12H,7-8H2,1-6H3,(H,13,14). The minimum Gasteiger partial charge on any atom is -0.444 e.